The van der Waals surface area contributed by atoms with Crippen LogP contribution >= 0.6 is 15.9 Å². The van der Waals surface area contributed by atoms with Gasteiger partial charge >= 0.3 is 0 Å². The van der Waals surface area contributed by atoms with Crippen molar-refractivity contribution in [2.45, 2.75) is 51.6 Å². The van der Waals surface area contributed by atoms with Gasteiger partial charge < -0.3 is 5.32 Å². The second-order valence-corrected chi connectivity index (χ2v) is 6.14. The summed E-state index contributed by atoms with van der Waals surface area (Å²) in [5.41, 5.74) is 1.37. The minimum atomic E-state index is 0.715. The van der Waals surface area contributed by atoms with E-state index in [9.17, 15) is 0 Å². The molecule has 1 aliphatic rings. The van der Waals surface area contributed by atoms with Crippen LogP contribution in [-0.4, -0.2) is 6.04 Å². The molecule has 2 heteroatoms. The van der Waals surface area contributed by atoms with Crippen molar-refractivity contribution >= 4 is 15.9 Å². The summed E-state index contributed by atoms with van der Waals surface area (Å²) in [4.78, 5) is 0. The monoisotopic (exact) mass is 295 g/mol. The highest BCUT2D eigenvalue weighted by Gasteiger charge is 2.15. The molecule has 1 aliphatic carbocycles. The Morgan fingerprint density at radius 3 is 2.82 bits per heavy atom. The Balaban J connectivity index is 1.83. The molecule has 0 amide bonds. The third kappa shape index (κ3) is 4.11. The van der Waals surface area contributed by atoms with Crippen LogP contribution in [0.15, 0.2) is 28.7 Å². The van der Waals surface area contributed by atoms with Crippen LogP contribution < -0.4 is 5.32 Å². The normalized spacial score (nSPS) is 25.5. The van der Waals surface area contributed by atoms with Gasteiger partial charge in [-0.25, -0.2) is 0 Å². The van der Waals surface area contributed by atoms with Gasteiger partial charge in [0.25, 0.3) is 0 Å². The van der Waals surface area contributed by atoms with Gasteiger partial charge in [-0.05, 0) is 36.8 Å². The molecule has 2 rings (SSSR count). The lowest BCUT2D eigenvalue weighted by Crippen LogP contribution is -2.28. The summed E-state index contributed by atoms with van der Waals surface area (Å²) in [6.07, 6.45) is 6.86. The van der Waals surface area contributed by atoms with E-state index in [2.05, 4.69) is 52.4 Å². The average molecular weight is 296 g/mol. The van der Waals surface area contributed by atoms with Gasteiger partial charge in [0.2, 0.25) is 0 Å². The van der Waals surface area contributed by atoms with Gasteiger partial charge in [0.1, 0.15) is 0 Å². The number of nitrogens with one attached hydrogen (secondary N) is 1. The Morgan fingerprint density at radius 2 is 2.00 bits per heavy atom. The first-order valence-electron chi connectivity index (χ1n) is 6.72. The topological polar surface area (TPSA) is 12.0 Å². The van der Waals surface area contributed by atoms with Crippen molar-refractivity contribution in [3.05, 3.63) is 34.3 Å². The number of rotatable bonds is 3. The van der Waals surface area contributed by atoms with Gasteiger partial charge in [0.15, 0.2) is 0 Å². The zero-order valence-electron chi connectivity index (χ0n) is 10.6. The van der Waals surface area contributed by atoms with E-state index in [1.165, 1.54) is 42.1 Å². The lowest BCUT2D eigenvalue weighted by atomic mass is 10.0. The highest BCUT2D eigenvalue weighted by molar-refractivity contribution is 9.10. The zero-order valence-corrected chi connectivity index (χ0v) is 12.2. The van der Waals surface area contributed by atoms with Gasteiger partial charge in [0.05, 0.1) is 0 Å². The Morgan fingerprint density at radius 1 is 1.18 bits per heavy atom. The maximum Gasteiger partial charge on any atom is 0.0220 e. The number of halogens is 1. The van der Waals surface area contributed by atoms with Crippen molar-refractivity contribution in [1.82, 2.24) is 5.32 Å². The number of hydrogen-bond acceptors (Lipinski definition) is 1. The Bertz CT molecular complexity index is 351. The van der Waals surface area contributed by atoms with Gasteiger partial charge in [-0.15, -0.1) is 0 Å². The molecule has 0 bridgehead atoms. The van der Waals surface area contributed by atoms with Crippen molar-refractivity contribution in [2.24, 2.45) is 5.92 Å². The molecular weight excluding hydrogens is 274 g/mol. The van der Waals surface area contributed by atoms with Crippen LogP contribution in [0, 0.1) is 5.92 Å². The summed E-state index contributed by atoms with van der Waals surface area (Å²) >= 11 is 3.61. The third-order valence-electron chi connectivity index (χ3n) is 3.80. The van der Waals surface area contributed by atoms with E-state index in [0.29, 0.717) is 6.04 Å². The molecular formula is C15H22BrN. The van der Waals surface area contributed by atoms with E-state index in [-0.39, 0.29) is 0 Å². The molecule has 2 unspecified atom stereocenters. The van der Waals surface area contributed by atoms with Crippen LogP contribution in [0.1, 0.15) is 44.6 Å². The molecule has 2 atom stereocenters. The molecule has 0 spiro atoms. The van der Waals surface area contributed by atoms with E-state index >= 15 is 0 Å². The lowest BCUT2D eigenvalue weighted by molar-refractivity contribution is 0.447. The van der Waals surface area contributed by atoms with Crippen molar-refractivity contribution in [3.8, 4) is 0 Å². The molecule has 1 nitrogen and oxygen atoms in total. The lowest BCUT2D eigenvalue weighted by Gasteiger charge is -2.17. The van der Waals surface area contributed by atoms with Crippen LogP contribution in [0.2, 0.25) is 0 Å². The second-order valence-electron chi connectivity index (χ2n) is 5.28. The minimum absolute atomic E-state index is 0.715. The van der Waals surface area contributed by atoms with Gasteiger partial charge in [0, 0.05) is 17.1 Å². The summed E-state index contributed by atoms with van der Waals surface area (Å²) in [6, 6.07) is 9.20. The Kier molecular flexibility index (Phi) is 5.05. The molecule has 0 radical (unpaired) electrons. The Hall–Kier alpha value is -0.340. The van der Waals surface area contributed by atoms with Crippen LogP contribution in [0.4, 0.5) is 0 Å². The highest BCUT2D eigenvalue weighted by Crippen LogP contribution is 2.23. The SMILES string of the molecule is CC1CCCC(NCc2ccccc2Br)CC1. The summed E-state index contributed by atoms with van der Waals surface area (Å²) in [5.74, 6) is 0.922. The van der Waals surface area contributed by atoms with Crippen molar-refractivity contribution < 1.29 is 0 Å². The van der Waals surface area contributed by atoms with Crippen molar-refractivity contribution in [3.63, 3.8) is 0 Å². The summed E-state index contributed by atoms with van der Waals surface area (Å²) in [5, 5.41) is 3.71. The van der Waals surface area contributed by atoms with E-state index < -0.39 is 0 Å². The first kappa shape index (κ1) is 13.1. The largest absolute Gasteiger partial charge is 0.310 e. The zero-order chi connectivity index (χ0) is 12.1. The van der Waals surface area contributed by atoms with Crippen molar-refractivity contribution in [2.75, 3.05) is 0 Å². The summed E-state index contributed by atoms with van der Waals surface area (Å²) in [6.45, 7) is 3.37. The highest BCUT2D eigenvalue weighted by atomic mass is 79.9. The summed E-state index contributed by atoms with van der Waals surface area (Å²) in [7, 11) is 0. The Labute approximate surface area is 113 Å². The first-order chi connectivity index (χ1) is 8.25. The standard InChI is InChI=1S/C15H22BrN/c1-12-5-4-7-14(10-9-12)17-11-13-6-2-3-8-15(13)16/h2-3,6,8,12,14,17H,4-5,7,9-11H2,1H3. The quantitative estimate of drug-likeness (QED) is 0.809. The fraction of sp³-hybridized carbons (Fsp3) is 0.600. The van der Waals surface area contributed by atoms with Gasteiger partial charge in [-0.3, -0.25) is 0 Å². The molecule has 94 valence electrons. The molecule has 1 N–H and O–H groups in total. The fourth-order valence-electron chi connectivity index (χ4n) is 2.59. The predicted molar refractivity (Wildman–Crippen MR) is 77.0 cm³/mol. The van der Waals surface area contributed by atoms with E-state index in [1.54, 1.807) is 0 Å². The smallest absolute Gasteiger partial charge is 0.0220 e. The average Bonchev–Trinajstić information content (AvgIpc) is 2.53. The van der Waals surface area contributed by atoms with Crippen LogP contribution in [0.25, 0.3) is 0 Å². The third-order valence-corrected chi connectivity index (χ3v) is 4.57. The predicted octanol–water partition coefficient (Wildman–Crippen LogP) is 4.51. The maximum atomic E-state index is 3.71. The molecule has 0 heterocycles. The van der Waals surface area contributed by atoms with Crippen LogP contribution in [0.3, 0.4) is 0 Å². The molecule has 0 aliphatic heterocycles. The van der Waals surface area contributed by atoms with E-state index in [0.717, 1.165) is 12.5 Å². The molecule has 0 aromatic heterocycles. The van der Waals surface area contributed by atoms with Crippen LogP contribution in [-0.2, 0) is 6.54 Å². The minimum Gasteiger partial charge on any atom is -0.310 e. The van der Waals surface area contributed by atoms with Gasteiger partial charge in [-0.1, -0.05) is 53.9 Å². The summed E-state index contributed by atoms with van der Waals surface area (Å²) < 4.78 is 1.22. The first-order valence-corrected chi connectivity index (χ1v) is 7.52. The molecule has 1 aromatic carbocycles. The van der Waals surface area contributed by atoms with E-state index in [1.807, 2.05) is 0 Å². The van der Waals surface area contributed by atoms with Gasteiger partial charge in [-0.2, -0.15) is 0 Å². The second kappa shape index (κ2) is 6.55. The molecule has 1 aromatic rings. The fourth-order valence-corrected chi connectivity index (χ4v) is 3.01. The molecule has 1 fully saturated rings. The number of hydrogen-bond donors (Lipinski definition) is 1. The van der Waals surface area contributed by atoms with Crippen LogP contribution in [0.5, 0.6) is 0 Å². The molecule has 1 saturated carbocycles. The number of benzene rings is 1. The molecule has 0 saturated heterocycles. The molecule has 17 heavy (non-hydrogen) atoms. The van der Waals surface area contributed by atoms with E-state index in [4.69, 9.17) is 0 Å². The van der Waals surface area contributed by atoms with Crippen molar-refractivity contribution in [1.29, 1.82) is 0 Å². The maximum absolute atomic E-state index is 3.71.